The maximum atomic E-state index is 12.7. The number of benzene rings is 1. The number of rotatable bonds is 5. The predicted octanol–water partition coefficient (Wildman–Crippen LogP) is 4.43. The number of likely N-dealkylation sites (tertiary alicyclic amines) is 1. The summed E-state index contributed by atoms with van der Waals surface area (Å²) in [5, 5.41) is 0. The van der Waals surface area contributed by atoms with E-state index in [1.54, 1.807) is 0 Å². The molecule has 1 aliphatic heterocycles. The topological polar surface area (TPSA) is 55.8 Å². The predicted molar refractivity (Wildman–Crippen MR) is 101 cm³/mol. The minimum absolute atomic E-state index is 0.104. The third-order valence-electron chi connectivity index (χ3n) is 4.57. The fourth-order valence-corrected chi connectivity index (χ4v) is 3.27. The van der Waals surface area contributed by atoms with Crippen LogP contribution in [0.15, 0.2) is 24.3 Å². The Kier molecular flexibility index (Phi) is 6.68. The van der Waals surface area contributed by atoms with Crippen molar-refractivity contribution >= 4 is 12.1 Å². The molecule has 1 fully saturated rings. The normalized spacial score (nSPS) is 20.1. The van der Waals surface area contributed by atoms with Crippen molar-refractivity contribution in [3.63, 3.8) is 0 Å². The molecule has 0 N–H and O–H groups in total. The Morgan fingerprint density at radius 1 is 1.23 bits per heavy atom. The van der Waals surface area contributed by atoms with E-state index >= 15 is 0 Å². The van der Waals surface area contributed by atoms with E-state index in [1.807, 2.05) is 39.8 Å². The summed E-state index contributed by atoms with van der Waals surface area (Å²) in [5.74, 6) is -0.229. The van der Waals surface area contributed by atoms with Crippen molar-refractivity contribution in [1.82, 2.24) is 4.90 Å². The Morgan fingerprint density at radius 3 is 2.54 bits per heavy atom. The van der Waals surface area contributed by atoms with E-state index in [0.29, 0.717) is 19.6 Å². The Morgan fingerprint density at radius 2 is 1.92 bits per heavy atom. The molecule has 1 amide bonds. The van der Waals surface area contributed by atoms with E-state index in [2.05, 4.69) is 19.1 Å². The van der Waals surface area contributed by atoms with Gasteiger partial charge >= 0.3 is 12.1 Å². The number of esters is 1. The van der Waals surface area contributed by atoms with Gasteiger partial charge in [0, 0.05) is 12.5 Å². The molecule has 2 atom stereocenters. The number of aryl methyl sites for hydroxylation is 1. The van der Waals surface area contributed by atoms with Crippen molar-refractivity contribution in [1.29, 1.82) is 0 Å². The number of carbonyl (C=O) groups is 2. The molecule has 1 heterocycles. The van der Waals surface area contributed by atoms with Gasteiger partial charge in [0.05, 0.1) is 6.61 Å². The Bertz CT molecular complexity index is 635. The quantitative estimate of drug-likeness (QED) is 0.575. The lowest BCUT2D eigenvalue weighted by Gasteiger charge is -2.27. The van der Waals surface area contributed by atoms with Crippen LogP contribution in [-0.4, -0.2) is 41.8 Å². The fraction of sp³-hybridized carbons (Fsp3) is 0.619. The molecule has 1 aliphatic rings. The van der Waals surface area contributed by atoms with E-state index in [-0.39, 0.29) is 11.9 Å². The lowest BCUT2D eigenvalue weighted by molar-refractivity contribution is -0.148. The second-order valence-electron chi connectivity index (χ2n) is 7.96. The first-order valence-electron chi connectivity index (χ1n) is 9.44. The molecule has 0 aliphatic carbocycles. The summed E-state index contributed by atoms with van der Waals surface area (Å²) >= 11 is 0. The Hall–Kier alpha value is -2.04. The van der Waals surface area contributed by atoms with Crippen LogP contribution in [0.25, 0.3) is 0 Å². The van der Waals surface area contributed by atoms with E-state index in [1.165, 1.54) is 16.0 Å². The van der Waals surface area contributed by atoms with Crippen LogP contribution >= 0.6 is 0 Å². The highest BCUT2D eigenvalue weighted by Gasteiger charge is 2.43. The average Bonchev–Trinajstić information content (AvgIpc) is 2.99. The van der Waals surface area contributed by atoms with Gasteiger partial charge < -0.3 is 9.47 Å². The minimum Gasteiger partial charge on any atom is -0.464 e. The Balaban J connectivity index is 2.19. The van der Waals surface area contributed by atoms with Crippen LogP contribution in [0.5, 0.6) is 0 Å². The van der Waals surface area contributed by atoms with Crippen LogP contribution in [-0.2, 0) is 14.3 Å². The molecule has 1 aromatic carbocycles. The number of hydrogen-bond acceptors (Lipinski definition) is 4. The zero-order valence-corrected chi connectivity index (χ0v) is 16.6. The lowest BCUT2D eigenvalue weighted by Crippen LogP contribution is -2.44. The molecular weight excluding hydrogens is 330 g/mol. The number of unbranched alkanes of at least 4 members (excludes halogenated alkanes) is 1. The van der Waals surface area contributed by atoms with Gasteiger partial charge in [-0.2, -0.15) is 0 Å². The van der Waals surface area contributed by atoms with Gasteiger partial charge in [0.15, 0.2) is 0 Å². The number of hydrogen-bond donors (Lipinski definition) is 0. The Labute approximate surface area is 156 Å². The monoisotopic (exact) mass is 361 g/mol. The number of amides is 1. The van der Waals surface area contributed by atoms with Gasteiger partial charge in [-0.1, -0.05) is 37.6 Å². The smallest absolute Gasteiger partial charge is 0.411 e. The van der Waals surface area contributed by atoms with Crippen molar-refractivity contribution in [3.8, 4) is 0 Å². The highest BCUT2D eigenvalue weighted by molar-refractivity contribution is 5.82. The maximum absolute atomic E-state index is 12.7. The summed E-state index contributed by atoms with van der Waals surface area (Å²) in [6.07, 6.45) is 1.90. The summed E-state index contributed by atoms with van der Waals surface area (Å²) in [5.41, 5.74) is 1.74. The molecule has 0 aromatic heterocycles. The highest BCUT2D eigenvalue weighted by atomic mass is 16.6. The molecular formula is C21H31NO4. The highest BCUT2D eigenvalue weighted by Crippen LogP contribution is 2.34. The standard InChI is InChI=1S/C21H31NO4/c1-6-7-12-25-19(23)18-13-16(17-11-9-8-10-15(17)2)14-22(18)20(24)26-21(3,4)5/h8-11,16,18H,6-7,12-14H2,1-5H3/t16-,18+/m1/s1. The molecule has 0 saturated carbocycles. The molecule has 0 unspecified atom stereocenters. The average molecular weight is 361 g/mol. The van der Waals surface area contributed by atoms with Crippen molar-refractivity contribution in [2.75, 3.05) is 13.2 Å². The molecule has 5 heteroatoms. The first kappa shape index (κ1) is 20.3. The zero-order chi connectivity index (χ0) is 19.3. The van der Waals surface area contributed by atoms with Gasteiger partial charge in [-0.3, -0.25) is 4.90 Å². The van der Waals surface area contributed by atoms with Crippen molar-refractivity contribution in [3.05, 3.63) is 35.4 Å². The van der Waals surface area contributed by atoms with Gasteiger partial charge in [0.25, 0.3) is 0 Å². The van der Waals surface area contributed by atoms with Crippen LogP contribution < -0.4 is 0 Å². The van der Waals surface area contributed by atoms with Crippen LogP contribution in [0.3, 0.4) is 0 Å². The molecule has 0 radical (unpaired) electrons. The van der Waals surface area contributed by atoms with Crippen molar-refractivity contribution < 1.29 is 19.1 Å². The van der Waals surface area contributed by atoms with Crippen molar-refractivity contribution in [2.24, 2.45) is 0 Å². The first-order valence-corrected chi connectivity index (χ1v) is 9.44. The molecule has 0 bridgehead atoms. The summed E-state index contributed by atoms with van der Waals surface area (Å²) in [7, 11) is 0. The molecule has 0 spiro atoms. The largest absolute Gasteiger partial charge is 0.464 e. The zero-order valence-electron chi connectivity index (χ0n) is 16.6. The number of nitrogens with zero attached hydrogens (tertiary/aromatic N) is 1. The summed E-state index contributed by atoms with van der Waals surface area (Å²) in [6, 6.07) is 7.52. The van der Waals surface area contributed by atoms with Crippen LogP contribution in [0.4, 0.5) is 4.79 Å². The molecule has 144 valence electrons. The van der Waals surface area contributed by atoms with Crippen LogP contribution in [0, 0.1) is 6.92 Å². The first-order chi connectivity index (χ1) is 12.2. The molecule has 5 nitrogen and oxygen atoms in total. The van der Waals surface area contributed by atoms with E-state index in [0.717, 1.165) is 12.8 Å². The summed E-state index contributed by atoms with van der Waals surface area (Å²) in [4.78, 5) is 26.8. The second kappa shape index (κ2) is 8.56. The molecule has 2 rings (SSSR count). The van der Waals surface area contributed by atoms with Gasteiger partial charge in [0.2, 0.25) is 0 Å². The summed E-state index contributed by atoms with van der Waals surface area (Å²) < 4.78 is 10.9. The molecule has 1 saturated heterocycles. The van der Waals surface area contributed by atoms with Gasteiger partial charge in [-0.25, -0.2) is 9.59 Å². The number of carbonyl (C=O) groups excluding carboxylic acids is 2. The minimum atomic E-state index is -0.603. The fourth-order valence-electron chi connectivity index (χ4n) is 3.27. The van der Waals surface area contributed by atoms with Crippen LogP contribution in [0.2, 0.25) is 0 Å². The summed E-state index contributed by atoms with van der Waals surface area (Å²) in [6.45, 7) is 10.4. The second-order valence-corrected chi connectivity index (χ2v) is 7.96. The third kappa shape index (κ3) is 5.23. The van der Waals surface area contributed by atoms with E-state index < -0.39 is 17.7 Å². The SMILES string of the molecule is CCCCOC(=O)[C@@H]1C[C@@H](c2ccccc2C)CN1C(=O)OC(C)(C)C. The van der Waals surface area contributed by atoms with Gasteiger partial charge in [-0.05, 0) is 51.7 Å². The number of ether oxygens (including phenoxy) is 2. The van der Waals surface area contributed by atoms with Crippen LogP contribution in [0.1, 0.15) is 64.0 Å². The molecule has 1 aromatic rings. The maximum Gasteiger partial charge on any atom is 0.411 e. The van der Waals surface area contributed by atoms with Crippen molar-refractivity contribution in [2.45, 2.75) is 71.4 Å². The third-order valence-corrected chi connectivity index (χ3v) is 4.57. The lowest BCUT2D eigenvalue weighted by atomic mass is 9.93. The van der Waals surface area contributed by atoms with Gasteiger partial charge in [-0.15, -0.1) is 0 Å². The molecule has 26 heavy (non-hydrogen) atoms. The van der Waals surface area contributed by atoms with E-state index in [4.69, 9.17) is 9.47 Å². The van der Waals surface area contributed by atoms with Gasteiger partial charge in [0.1, 0.15) is 11.6 Å². The van der Waals surface area contributed by atoms with E-state index in [9.17, 15) is 9.59 Å².